The third kappa shape index (κ3) is 2.03. The van der Waals surface area contributed by atoms with Crippen LogP contribution in [0.25, 0.3) is 0 Å². The number of ether oxygens (including phenoxy) is 1. The van der Waals surface area contributed by atoms with Gasteiger partial charge < -0.3 is 10.5 Å². The number of rotatable bonds is 2. The van der Waals surface area contributed by atoms with Crippen LogP contribution in [0, 0.1) is 6.92 Å². The Labute approximate surface area is 85.1 Å². The number of anilines is 1. The summed E-state index contributed by atoms with van der Waals surface area (Å²) in [5.41, 5.74) is 4.70. The van der Waals surface area contributed by atoms with E-state index >= 15 is 0 Å². The molecule has 0 aromatic carbocycles. The summed E-state index contributed by atoms with van der Waals surface area (Å²) < 4.78 is 29.7. The summed E-state index contributed by atoms with van der Waals surface area (Å²) >= 11 is 0. The first-order chi connectivity index (χ1) is 6.99. The van der Waals surface area contributed by atoms with Crippen LogP contribution in [0.3, 0.4) is 0 Å². The molecule has 0 aliphatic rings. The van der Waals surface area contributed by atoms with E-state index in [1.54, 1.807) is 0 Å². The van der Waals surface area contributed by atoms with Gasteiger partial charge in [0.1, 0.15) is 0 Å². The molecule has 0 amide bonds. The van der Waals surface area contributed by atoms with Crippen LogP contribution in [0.15, 0.2) is 6.20 Å². The highest BCUT2D eigenvalue weighted by atomic mass is 19.3. The summed E-state index contributed by atoms with van der Waals surface area (Å²) in [4.78, 5) is 14.9. The molecule has 15 heavy (non-hydrogen) atoms. The lowest BCUT2D eigenvalue weighted by atomic mass is 10.1. The summed E-state index contributed by atoms with van der Waals surface area (Å²) in [6.45, 7) is 1.49. The van der Waals surface area contributed by atoms with Gasteiger partial charge in [0.05, 0.1) is 29.6 Å². The zero-order valence-corrected chi connectivity index (χ0v) is 8.25. The lowest BCUT2D eigenvalue weighted by molar-refractivity contribution is 0.0589. The van der Waals surface area contributed by atoms with Gasteiger partial charge in [-0.15, -0.1) is 0 Å². The number of pyridine rings is 1. The third-order valence-corrected chi connectivity index (χ3v) is 1.98. The van der Waals surface area contributed by atoms with Crippen LogP contribution in [-0.2, 0) is 4.74 Å². The molecule has 0 unspecified atom stereocenters. The van der Waals surface area contributed by atoms with Crippen LogP contribution in [0.4, 0.5) is 14.5 Å². The first kappa shape index (κ1) is 11.4. The van der Waals surface area contributed by atoms with Gasteiger partial charge >= 0.3 is 5.97 Å². The Morgan fingerprint density at radius 3 is 2.67 bits per heavy atom. The van der Waals surface area contributed by atoms with Gasteiger partial charge in [-0.25, -0.2) is 13.6 Å². The number of hydrogen-bond acceptors (Lipinski definition) is 4. The maximum atomic E-state index is 12.6. The monoisotopic (exact) mass is 216 g/mol. The van der Waals surface area contributed by atoms with E-state index in [1.165, 1.54) is 6.92 Å². The Balaban J connectivity index is 3.40. The number of nitrogen functional groups attached to an aromatic ring is 1. The van der Waals surface area contributed by atoms with E-state index in [-0.39, 0.29) is 16.9 Å². The number of aromatic nitrogens is 1. The van der Waals surface area contributed by atoms with Crippen LogP contribution in [0.5, 0.6) is 0 Å². The molecule has 0 atom stereocenters. The molecule has 0 bridgehead atoms. The number of esters is 1. The summed E-state index contributed by atoms with van der Waals surface area (Å²) in [7, 11) is 1.10. The number of hydrogen-bond donors (Lipinski definition) is 1. The summed E-state index contributed by atoms with van der Waals surface area (Å²) in [5.74, 6) is -0.871. The van der Waals surface area contributed by atoms with Crippen LogP contribution in [0.1, 0.15) is 28.0 Å². The van der Waals surface area contributed by atoms with Crippen molar-refractivity contribution in [1.29, 1.82) is 0 Å². The molecule has 0 saturated carbocycles. The molecule has 1 aromatic heterocycles. The van der Waals surface area contributed by atoms with Crippen LogP contribution in [-0.4, -0.2) is 18.1 Å². The van der Waals surface area contributed by atoms with E-state index in [0.29, 0.717) is 0 Å². The maximum Gasteiger partial charge on any atom is 0.340 e. The van der Waals surface area contributed by atoms with E-state index in [2.05, 4.69) is 9.72 Å². The van der Waals surface area contributed by atoms with Crippen molar-refractivity contribution in [2.75, 3.05) is 12.8 Å². The van der Waals surface area contributed by atoms with Gasteiger partial charge in [-0.3, -0.25) is 4.98 Å². The van der Waals surface area contributed by atoms with E-state index < -0.39 is 18.0 Å². The quantitative estimate of drug-likeness (QED) is 0.764. The fourth-order valence-electron chi connectivity index (χ4n) is 1.15. The molecule has 0 aliphatic heterocycles. The number of halogens is 2. The molecule has 0 radical (unpaired) electrons. The highest BCUT2D eigenvalue weighted by Gasteiger charge is 2.23. The minimum Gasteiger partial charge on any atom is -0.465 e. The molecule has 1 aromatic rings. The second-order valence-electron chi connectivity index (χ2n) is 2.88. The van der Waals surface area contributed by atoms with Crippen LogP contribution < -0.4 is 5.73 Å². The molecule has 6 heteroatoms. The number of alkyl halides is 2. The van der Waals surface area contributed by atoms with Gasteiger partial charge in [0.2, 0.25) is 0 Å². The van der Waals surface area contributed by atoms with Crippen molar-refractivity contribution in [1.82, 2.24) is 4.98 Å². The van der Waals surface area contributed by atoms with Crippen molar-refractivity contribution in [2.24, 2.45) is 0 Å². The highest BCUT2D eigenvalue weighted by molar-refractivity contribution is 5.92. The van der Waals surface area contributed by atoms with E-state index in [1.807, 2.05) is 0 Å². The normalized spacial score (nSPS) is 10.5. The second kappa shape index (κ2) is 4.20. The number of nitrogens with two attached hydrogens (primary N) is 1. The fourth-order valence-corrected chi connectivity index (χ4v) is 1.15. The van der Waals surface area contributed by atoms with E-state index in [9.17, 15) is 13.6 Å². The van der Waals surface area contributed by atoms with Crippen molar-refractivity contribution in [2.45, 2.75) is 13.3 Å². The molecular weight excluding hydrogens is 206 g/mol. The van der Waals surface area contributed by atoms with Gasteiger partial charge in [0.15, 0.2) is 0 Å². The molecule has 4 nitrogen and oxygen atoms in total. The smallest absolute Gasteiger partial charge is 0.340 e. The number of carbonyl (C=O) groups is 1. The Kier molecular flexibility index (Phi) is 3.18. The summed E-state index contributed by atoms with van der Waals surface area (Å²) in [6, 6.07) is 0. The number of carbonyl (C=O) groups excluding carboxylic acids is 1. The predicted octanol–water partition coefficient (Wildman–Crippen LogP) is 1.70. The van der Waals surface area contributed by atoms with Crippen LogP contribution in [0.2, 0.25) is 0 Å². The average molecular weight is 216 g/mol. The topological polar surface area (TPSA) is 65.2 Å². The van der Waals surface area contributed by atoms with Crippen molar-refractivity contribution in [3.05, 3.63) is 23.0 Å². The minimum absolute atomic E-state index is 0.173. The lowest BCUT2D eigenvalue weighted by Gasteiger charge is -2.11. The Hall–Kier alpha value is -1.72. The Morgan fingerprint density at radius 1 is 1.60 bits per heavy atom. The summed E-state index contributed by atoms with van der Waals surface area (Å²) in [6.07, 6.45) is -1.79. The van der Waals surface area contributed by atoms with Gasteiger partial charge in [-0.1, -0.05) is 0 Å². The standard InChI is InChI=1S/C9H10F2N2O2/c1-4-7(12)6(8(10)11)5(3-13-4)9(14)15-2/h3,8H,12H2,1-2H3. The first-order valence-corrected chi connectivity index (χ1v) is 4.10. The third-order valence-electron chi connectivity index (χ3n) is 1.98. The lowest BCUT2D eigenvalue weighted by Crippen LogP contribution is -2.11. The molecule has 0 fully saturated rings. The molecular formula is C9H10F2N2O2. The number of nitrogens with zero attached hydrogens (tertiary/aromatic N) is 1. The van der Waals surface area contributed by atoms with Crippen molar-refractivity contribution in [3.63, 3.8) is 0 Å². The van der Waals surface area contributed by atoms with E-state index in [0.717, 1.165) is 13.3 Å². The molecule has 0 aliphatic carbocycles. The predicted molar refractivity (Wildman–Crippen MR) is 49.7 cm³/mol. The molecule has 1 heterocycles. The van der Waals surface area contributed by atoms with Gasteiger partial charge in [-0.05, 0) is 6.92 Å². The zero-order chi connectivity index (χ0) is 11.6. The van der Waals surface area contributed by atoms with Crippen molar-refractivity contribution < 1.29 is 18.3 Å². The van der Waals surface area contributed by atoms with Gasteiger partial charge in [-0.2, -0.15) is 0 Å². The second-order valence-corrected chi connectivity index (χ2v) is 2.88. The van der Waals surface area contributed by atoms with Crippen molar-refractivity contribution >= 4 is 11.7 Å². The minimum atomic E-state index is -2.83. The summed E-state index contributed by atoms with van der Waals surface area (Å²) in [5, 5.41) is 0. The Bertz CT molecular complexity index is 394. The SMILES string of the molecule is COC(=O)c1cnc(C)c(N)c1C(F)F. The average Bonchev–Trinajstić information content (AvgIpc) is 2.20. The Morgan fingerprint density at radius 2 is 2.20 bits per heavy atom. The largest absolute Gasteiger partial charge is 0.465 e. The molecule has 0 saturated heterocycles. The van der Waals surface area contributed by atoms with Crippen molar-refractivity contribution in [3.8, 4) is 0 Å². The molecule has 2 N–H and O–H groups in total. The zero-order valence-electron chi connectivity index (χ0n) is 8.25. The number of aryl methyl sites for hydroxylation is 1. The maximum absolute atomic E-state index is 12.6. The van der Waals surface area contributed by atoms with Gasteiger partial charge in [0, 0.05) is 6.20 Å². The molecule has 1 rings (SSSR count). The van der Waals surface area contributed by atoms with Gasteiger partial charge in [0.25, 0.3) is 6.43 Å². The fraction of sp³-hybridized carbons (Fsp3) is 0.333. The molecule has 82 valence electrons. The molecule has 0 spiro atoms. The first-order valence-electron chi connectivity index (χ1n) is 4.10. The van der Waals surface area contributed by atoms with Crippen LogP contribution >= 0.6 is 0 Å². The van der Waals surface area contributed by atoms with E-state index in [4.69, 9.17) is 5.73 Å². The highest BCUT2D eigenvalue weighted by Crippen LogP contribution is 2.30. The number of methoxy groups -OCH3 is 1.